The number of anilines is 1. The third kappa shape index (κ3) is 2.23. The third-order valence-electron chi connectivity index (χ3n) is 2.13. The molecule has 0 atom stereocenters. The highest BCUT2D eigenvalue weighted by Gasteiger charge is 1.99. The van der Waals surface area contributed by atoms with Gasteiger partial charge in [0, 0.05) is 11.8 Å². The SMILES string of the molecule is O=CNc1ccc(-c2cccc(F)c2)cn1. The smallest absolute Gasteiger partial charge is 0.212 e. The van der Waals surface area contributed by atoms with Gasteiger partial charge in [-0.2, -0.15) is 0 Å². The summed E-state index contributed by atoms with van der Waals surface area (Å²) in [6, 6.07) is 9.69. The molecule has 16 heavy (non-hydrogen) atoms. The molecule has 2 aromatic rings. The van der Waals surface area contributed by atoms with Crippen LogP contribution in [0.15, 0.2) is 42.6 Å². The van der Waals surface area contributed by atoms with Gasteiger partial charge in [0.1, 0.15) is 11.6 Å². The van der Waals surface area contributed by atoms with Gasteiger partial charge >= 0.3 is 0 Å². The summed E-state index contributed by atoms with van der Waals surface area (Å²) in [4.78, 5) is 14.2. The van der Waals surface area contributed by atoms with Crippen molar-refractivity contribution in [2.75, 3.05) is 5.32 Å². The molecule has 3 nitrogen and oxygen atoms in total. The maximum atomic E-state index is 13.0. The number of halogens is 1. The Kier molecular flexibility index (Phi) is 2.91. The van der Waals surface area contributed by atoms with Crippen LogP contribution in [0.3, 0.4) is 0 Å². The van der Waals surface area contributed by atoms with Gasteiger partial charge < -0.3 is 5.32 Å². The standard InChI is InChI=1S/C12H9FN2O/c13-11-3-1-2-9(6-11)10-4-5-12(14-7-10)15-8-16/h1-8H,(H,14,15,16). The first-order valence-corrected chi connectivity index (χ1v) is 4.72. The van der Waals surface area contributed by atoms with E-state index in [0.717, 1.165) is 11.1 Å². The molecule has 1 aromatic heterocycles. The highest BCUT2D eigenvalue weighted by Crippen LogP contribution is 2.19. The predicted molar refractivity (Wildman–Crippen MR) is 59.3 cm³/mol. The van der Waals surface area contributed by atoms with E-state index in [2.05, 4.69) is 10.3 Å². The highest BCUT2D eigenvalue weighted by molar-refractivity contribution is 5.70. The monoisotopic (exact) mass is 216 g/mol. The number of hydrogen-bond donors (Lipinski definition) is 1. The van der Waals surface area contributed by atoms with Crippen LogP contribution >= 0.6 is 0 Å². The first kappa shape index (κ1) is 10.3. The molecule has 0 saturated heterocycles. The van der Waals surface area contributed by atoms with E-state index in [1.54, 1.807) is 30.5 Å². The minimum Gasteiger partial charge on any atom is -0.313 e. The first-order valence-electron chi connectivity index (χ1n) is 4.72. The number of carbonyl (C=O) groups excluding carboxylic acids is 1. The fourth-order valence-electron chi connectivity index (χ4n) is 1.38. The number of benzene rings is 1. The van der Waals surface area contributed by atoms with Crippen LogP contribution < -0.4 is 5.32 Å². The molecule has 0 fully saturated rings. The van der Waals surface area contributed by atoms with Crippen LogP contribution in [0.2, 0.25) is 0 Å². The lowest BCUT2D eigenvalue weighted by Crippen LogP contribution is -1.95. The van der Waals surface area contributed by atoms with Gasteiger partial charge in [0.2, 0.25) is 6.41 Å². The normalized spacial score (nSPS) is 9.81. The molecule has 0 aliphatic heterocycles. The Hall–Kier alpha value is -2.23. The second kappa shape index (κ2) is 4.53. The topological polar surface area (TPSA) is 42.0 Å². The van der Waals surface area contributed by atoms with Crippen molar-refractivity contribution in [2.24, 2.45) is 0 Å². The molecule has 0 unspecified atom stereocenters. The first-order chi connectivity index (χ1) is 7.79. The Morgan fingerprint density at radius 2 is 2.06 bits per heavy atom. The summed E-state index contributed by atoms with van der Waals surface area (Å²) in [6.07, 6.45) is 2.14. The summed E-state index contributed by atoms with van der Waals surface area (Å²) in [7, 11) is 0. The van der Waals surface area contributed by atoms with Crippen LogP contribution in [0.4, 0.5) is 10.2 Å². The summed E-state index contributed by atoms with van der Waals surface area (Å²) in [5.41, 5.74) is 1.56. The van der Waals surface area contributed by atoms with E-state index in [1.165, 1.54) is 12.1 Å². The number of nitrogens with one attached hydrogen (secondary N) is 1. The molecule has 4 heteroatoms. The Labute approximate surface area is 92.0 Å². The molecule has 1 aromatic carbocycles. The average molecular weight is 216 g/mol. The van der Waals surface area contributed by atoms with Crippen molar-refractivity contribution in [1.29, 1.82) is 0 Å². The van der Waals surface area contributed by atoms with E-state index < -0.39 is 0 Å². The van der Waals surface area contributed by atoms with Gasteiger partial charge in [-0.3, -0.25) is 4.79 Å². The lowest BCUT2D eigenvalue weighted by molar-refractivity contribution is -0.105. The van der Waals surface area contributed by atoms with E-state index in [1.807, 2.05) is 0 Å². The average Bonchev–Trinajstić information content (AvgIpc) is 2.30. The second-order valence-corrected chi connectivity index (χ2v) is 3.20. The number of rotatable bonds is 3. The van der Waals surface area contributed by atoms with E-state index in [-0.39, 0.29) is 5.82 Å². The van der Waals surface area contributed by atoms with Crippen molar-refractivity contribution in [2.45, 2.75) is 0 Å². The van der Waals surface area contributed by atoms with Gasteiger partial charge in [0.25, 0.3) is 0 Å². The predicted octanol–water partition coefficient (Wildman–Crippen LogP) is 2.46. The lowest BCUT2D eigenvalue weighted by atomic mass is 10.1. The van der Waals surface area contributed by atoms with Gasteiger partial charge in [-0.1, -0.05) is 12.1 Å². The molecular formula is C12H9FN2O. The number of nitrogens with zero attached hydrogens (tertiary/aromatic N) is 1. The molecule has 0 bridgehead atoms. The largest absolute Gasteiger partial charge is 0.313 e. The Bertz CT molecular complexity index is 497. The zero-order chi connectivity index (χ0) is 11.4. The van der Waals surface area contributed by atoms with Crippen molar-refractivity contribution < 1.29 is 9.18 Å². The molecule has 80 valence electrons. The van der Waals surface area contributed by atoms with Gasteiger partial charge in [-0.25, -0.2) is 9.37 Å². The number of amides is 1. The molecule has 2 rings (SSSR count). The zero-order valence-corrected chi connectivity index (χ0v) is 8.35. The van der Waals surface area contributed by atoms with Crippen LogP contribution in [-0.2, 0) is 4.79 Å². The van der Waals surface area contributed by atoms with Crippen LogP contribution in [0.5, 0.6) is 0 Å². The molecule has 0 aliphatic carbocycles. The van der Waals surface area contributed by atoms with Gasteiger partial charge in [0.15, 0.2) is 0 Å². The Morgan fingerprint density at radius 3 is 2.69 bits per heavy atom. The summed E-state index contributed by atoms with van der Waals surface area (Å²) in [6.45, 7) is 0. The molecular weight excluding hydrogens is 207 g/mol. The van der Waals surface area contributed by atoms with Crippen LogP contribution in [0.1, 0.15) is 0 Å². The second-order valence-electron chi connectivity index (χ2n) is 3.20. The number of pyridine rings is 1. The van der Waals surface area contributed by atoms with Crippen molar-refractivity contribution in [3.8, 4) is 11.1 Å². The maximum absolute atomic E-state index is 13.0. The Balaban J connectivity index is 2.31. The molecule has 0 saturated carbocycles. The zero-order valence-electron chi connectivity index (χ0n) is 8.35. The van der Waals surface area contributed by atoms with Gasteiger partial charge in [-0.15, -0.1) is 0 Å². The minimum atomic E-state index is -0.285. The van der Waals surface area contributed by atoms with E-state index >= 15 is 0 Å². The number of hydrogen-bond acceptors (Lipinski definition) is 2. The van der Waals surface area contributed by atoms with Crippen LogP contribution in [-0.4, -0.2) is 11.4 Å². The van der Waals surface area contributed by atoms with Crippen molar-refractivity contribution >= 4 is 12.2 Å². The molecule has 0 radical (unpaired) electrons. The summed E-state index contributed by atoms with van der Waals surface area (Å²) in [5.74, 6) is 0.183. The van der Waals surface area contributed by atoms with E-state index in [0.29, 0.717) is 12.2 Å². The minimum absolute atomic E-state index is 0.285. The quantitative estimate of drug-likeness (QED) is 0.801. The summed E-state index contributed by atoms with van der Waals surface area (Å²) >= 11 is 0. The molecule has 0 aliphatic rings. The lowest BCUT2D eigenvalue weighted by Gasteiger charge is -2.02. The Morgan fingerprint density at radius 1 is 1.19 bits per heavy atom. The van der Waals surface area contributed by atoms with Crippen LogP contribution in [0.25, 0.3) is 11.1 Å². The van der Waals surface area contributed by atoms with E-state index in [4.69, 9.17) is 0 Å². The molecule has 1 N–H and O–H groups in total. The maximum Gasteiger partial charge on any atom is 0.212 e. The van der Waals surface area contributed by atoms with Crippen LogP contribution in [0, 0.1) is 5.82 Å². The van der Waals surface area contributed by atoms with Crippen molar-refractivity contribution in [3.05, 3.63) is 48.4 Å². The number of carbonyl (C=O) groups is 1. The number of aromatic nitrogens is 1. The van der Waals surface area contributed by atoms with E-state index in [9.17, 15) is 9.18 Å². The third-order valence-corrected chi connectivity index (χ3v) is 2.13. The molecule has 0 spiro atoms. The molecule has 1 amide bonds. The van der Waals surface area contributed by atoms with Crippen molar-refractivity contribution in [1.82, 2.24) is 4.98 Å². The fourth-order valence-corrected chi connectivity index (χ4v) is 1.38. The van der Waals surface area contributed by atoms with Gasteiger partial charge in [0.05, 0.1) is 0 Å². The van der Waals surface area contributed by atoms with Crippen molar-refractivity contribution in [3.63, 3.8) is 0 Å². The summed E-state index contributed by atoms with van der Waals surface area (Å²) in [5, 5.41) is 2.43. The van der Waals surface area contributed by atoms with Gasteiger partial charge in [-0.05, 0) is 29.8 Å². The summed E-state index contributed by atoms with van der Waals surface area (Å²) < 4.78 is 13.0. The fraction of sp³-hybridized carbons (Fsp3) is 0. The highest BCUT2D eigenvalue weighted by atomic mass is 19.1. The molecule has 1 heterocycles.